The molecule has 0 amide bonds. The molecule has 0 bridgehead atoms. The van der Waals surface area contributed by atoms with Crippen molar-refractivity contribution in [3.05, 3.63) is 0 Å². The highest BCUT2D eigenvalue weighted by atomic mass is 28.1. The summed E-state index contributed by atoms with van der Waals surface area (Å²) in [6.45, 7) is 0.591. The van der Waals surface area contributed by atoms with Crippen LogP contribution in [0, 0.1) is 12.5 Å². The first kappa shape index (κ1) is 5.58. The summed E-state index contributed by atoms with van der Waals surface area (Å²) in [5.74, 6) is 0. The van der Waals surface area contributed by atoms with Gasteiger partial charge >= 0.3 is 0 Å². The number of ether oxygens (including phenoxy) is 1. The van der Waals surface area contributed by atoms with Gasteiger partial charge in [-0.2, -0.15) is 0 Å². The van der Waals surface area contributed by atoms with E-state index in [0.29, 0.717) is 6.61 Å². The van der Waals surface area contributed by atoms with Gasteiger partial charge in [0.15, 0.2) is 0 Å². The molecule has 0 saturated heterocycles. The van der Waals surface area contributed by atoms with Crippen LogP contribution in [0.5, 0.6) is 0 Å². The van der Waals surface area contributed by atoms with Crippen LogP contribution in [-0.4, -0.2) is 16.8 Å². The molecule has 0 unspecified atom stereocenters. The lowest BCUT2D eigenvalue weighted by molar-refractivity contribution is 0.300. The van der Waals surface area contributed by atoms with Crippen molar-refractivity contribution in [2.24, 2.45) is 0 Å². The zero-order valence-electron chi connectivity index (χ0n) is 3.40. The van der Waals surface area contributed by atoms with Crippen LogP contribution in [0.3, 0.4) is 0 Å². The van der Waals surface area contributed by atoms with Crippen LogP contribution in [-0.2, 0) is 4.74 Å². The van der Waals surface area contributed by atoms with E-state index in [1.54, 1.807) is 0 Å². The van der Waals surface area contributed by atoms with Gasteiger partial charge in [-0.05, 0) is 6.04 Å². The molecule has 0 aliphatic rings. The largest absolute Gasteiger partial charge is 0.447 e. The lowest BCUT2D eigenvalue weighted by atomic mass is 10.9. The maximum absolute atomic E-state index is 4.72. The van der Waals surface area contributed by atoms with E-state index in [-0.39, 0.29) is 0 Å². The van der Waals surface area contributed by atoms with Crippen LogP contribution in [0.15, 0.2) is 0 Å². The van der Waals surface area contributed by atoms with Crippen LogP contribution in [0.4, 0.5) is 0 Å². The standard InChI is InChI=1S/C4H5OSi/c1-2-5-3-4-6/h1H,3-4H2. The van der Waals surface area contributed by atoms with Crippen LogP contribution in [0.1, 0.15) is 0 Å². The number of terminal acetylenes is 1. The maximum Gasteiger partial charge on any atom is 0.106 e. The molecular formula is C4H5OSi. The Hall–Kier alpha value is -0.423. The molecule has 31 valence electrons. The lowest BCUT2D eigenvalue weighted by Gasteiger charge is -1.86. The van der Waals surface area contributed by atoms with Gasteiger partial charge in [0.25, 0.3) is 0 Å². The van der Waals surface area contributed by atoms with Gasteiger partial charge in [-0.25, -0.2) is 0 Å². The molecule has 0 aromatic rings. The number of hydrogen-bond acceptors (Lipinski definition) is 1. The minimum absolute atomic E-state index is 0.591. The minimum atomic E-state index is 0.591. The molecule has 0 aliphatic carbocycles. The van der Waals surface area contributed by atoms with Gasteiger partial charge < -0.3 is 4.74 Å². The third-order valence-corrected chi connectivity index (χ3v) is 0.492. The number of hydrogen-bond donors (Lipinski definition) is 0. The molecule has 0 spiro atoms. The average Bonchev–Trinajstić information content (AvgIpc) is 1.61. The Morgan fingerprint density at radius 1 is 1.83 bits per heavy atom. The molecule has 0 atom stereocenters. The van der Waals surface area contributed by atoms with Crippen molar-refractivity contribution >= 4 is 10.2 Å². The quantitative estimate of drug-likeness (QED) is 0.271. The van der Waals surface area contributed by atoms with Crippen molar-refractivity contribution in [3.8, 4) is 12.5 Å². The molecule has 3 radical (unpaired) electrons. The fourth-order valence-corrected chi connectivity index (χ4v) is 0.212. The minimum Gasteiger partial charge on any atom is -0.447 e. The van der Waals surface area contributed by atoms with Crippen LogP contribution in [0.25, 0.3) is 0 Å². The van der Waals surface area contributed by atoms with Gasteiger partial charge in [0.1, 0.15) is 6.11 Å². The summed E-state index contributed by atoms with van der Waals surface area (Å²) < 4.78 is 4.46. The molecule has 0 rings (SSSR count). The molecule has 0 heterocycles. The Labute approximate surface area is 41.1 Å². The Morgan fingerprint density at radius 2 is 2.50 bits per heavy atom. The van der Waals surface area contributed by atoms with Crippen molar-refractivity contribution in [3.63, 3.8) is 0 Å². The van der Waals surface area contributed by atoms with Crippen molar-refractivity contribution in [1.82, 2.24) is 0 Å². The molecule has 0 aliphatic heterocycles. The summed E-state index contributed by atoms with van der Waals surface area (Å²) in [5.41, 5.74) is 0. The Balaban J connectivity index is 2.54. The first-order valence-corrected chi connectivity index (χ1v) is 2.34. The predicted octanol–water partition coefficient (Wildman–Crippen LogP) is 0.180. The predicted molar refractivity (Wildman–Crippen MR) is 25.3 cm³/mol. The van der Waals surface area contributed by atoms with Crippen molar-refractivity contribution in [1.29, 1.82) is 0 Å². The van der Waals surface area contributed by atoms with Gasteiger partial charge in [0.05, 0.1) is 6.61 Å². The van der Waals surface area contributed by atoms with E-state index in [1.807, 2.05) is 6.11 Å². The highest BCUT2D eigenvalue weighted by Gasteiger charge is 1.69. The zero-order chi connectivity index (χ0) is 4.83. The van der Waals surface area contributed by atoms with Crippen molar-refractivity contribution in [2.75, 3.05) is 6.61 Å². The topological polar surface area (TPSA) is 9.23 Å². The maximum atomic E-state index is 4.72. The first-order chi connectivity index (χ1) is 2.91. The van der Waals surface area contributed by atoms with Crippen LogP contribution in [0.2, 0.25) is 6.04 Å². The van der Waals surface area contributed by atoms with E-state index in [4.69, 9.17) is 6.42 Å². The Bertz CT molecular complexity index is 55.1. The van der Waals surface area contributed by atoms with Crippen LogP contribution < -0.4 is 0 Å². The first-order valence-electron chi connectivity index (χ1n) is 1.64. The highest BCUT2D eigenvalue weighted by Crippen LogP contribution is 1.70. The fraction of sp³-hybridized carbons (Fsp3) is 0.500. The summed E-state index contributed by atoms with van der Waals surface area (Å²) in [6.07, 6.45) is 6.76. The van der Waals surface area contributed by atoms with Gasteiger partial charge in [-0.3, -0.25) is 0 Å². The third-order valence-electron chi connectivity index (χ3n) is 0.287. The molecule has 6 heavy (non-hydrogen) atoms. The average molecular weight is 97.2 g/mol. The second-order valence-corrected chi connectivity index (χ2v) is 1.22. The van der Waals surface area contributed by atoms with E-state index in [0.717, 1.165) is 6.04 Å². The summed E-state index contributed by atoms with van der Waals surface area (Å²) in [6, 6.07) is 0.796. The van der Waals surface area contributed by atoms with Crippen LogP contribution >= 0.6 is 0 Å². The number of rotatable bonds is 2. The van der Waals surface area contributed by atoms with Gasteiger partial charge in [0.2, 0.25) is 0 Å². The monoisotopic (exact) mass is 97.0 g/mol. The second-order valence-electron chi connectivity index (χ2n) is 0.716. The van der Waals surface area contributed by atoms with E-state index in [1.165, 1.54) is 0 Å². The summed E-state index contributed by atoms with van der Waals surface area (Å²) in [5, 5.41) is 0. The molecule has 0 N–H and O–H groups in total. The van der Waals surface area contributed by atoms with E-state index in [2.05, 4.69) is 15.0 Å². The van der Waals surface area contributed by atoms with Gasteiger partial charge in [-0.1, -0.05) is 6.42 Å². The van der Waals surface area contributed by atoms with Gasteiger partial charge in [-0.15, -0.1) is 0 Å². The molecule has 2 heteroatoms. The molecule has 1 nitrogen and oxygen atoms in total. The summed E-state index contributed by atoms with van der Waals surface area (Å²) in [4.78, 5) is 0. The smallest absolute Gasteiger partial charge is 0.106 e. The fourth-order valence-electron chi connectivity index (χ4n) is 0.110. The molecular weight excluding hydrogens is 92.1 g/mol. The molecule has 0 fully saturated rings. The normalized spacial score (nSPS) is 6.67. The Kier molecular flexibility index (Phi) is 4.25. The third kappa shape index (κ3) is 3.58. The van der Waals surface area contributed by atoms with Crippen molar-refractivity contribution < 1.29 is 4.74 Å². The zero-order valence-corrected chi connectivity index (χ0v) is 4.40. The molecule has 0 aromatic carbocycles. The summed E-state index contributed by atoms with van der Waals surface area (Å²) >= 11 is 0. The molecule has 0 saturated carbocycles. The van der Waals surface area contributed by atoms with Crippen molar-refractivity contribution in [2.45, 2.75) is 6.04 Å². The van der Waals surface area contributed by atoms with Gasteiger partial charge in [0, 0.05) is 10.2 Å². The van der Waals surface area contributed by atoms with E-state index >= 15 is 0 Å². The highest BCUT2D eigenvalue weighted by molar-refractivity contribution is 6.08. The Morgan fingerprint density at radius 3 is 2.67 bits per heavy atom. The van der Waals surface area contributed by atoms with E-state index < -0.39 is 0 Å². The second kappa shape index (κ2) is 4.58. The summed E-state index contributed by atoms with van der Waals surface area (Å²) in [7, 11) is 3.17. The SMILES string of the molecule is C#COCC[Si]. The lowest BCUT2D eigenvalue weighted by Crippen LogP contribution is -1.82. The molecule has 0 aromatic heterocycles. The van der Waals surface area contributed by atoms with E-state index in [9.17, 15) is 0 Å².